The first kappa shape index (κ1) is 19.1. The Kier molecular flexibility index (Phi) is 5.94. The number of benzene rings is 1. The lowest BCUT2D eigenvalue weighted by molar-refractivity contribution is -0.140. The van der Waals surface area contributed by atoms with E-state index in [4.69, 9.17) is 0 Å². The maximum atomic E-state index is 12.7. The molecule has 0 bridgehead atoms. The summed E-state index contributed by atoms with van der Waals surface area (Å²) < 4.78 is 0. The van der Waals surface area contributed by atoms with E-state index in [1.165, 1.54) is 0 Å². The fourth-order valence-electron chi connectivity index (χ4n) is 3.64. The van der Waals surface area contributed by atoms with Crippen LogP contribution in [0, 0.1) is 5.92 Å². The molecule has 0 N–H and O–H groups in total. The number of carbonyl (C=O) groups excluding carboxylic acids is 3. The highest BCUT2D eigenvalue weighted by atomic mass is 16.2. The largest absolute Gasteiger partial charge is 0.339 e. The van der Waals surface area contributed by atoms with Crippen molar-refractivity contribution < 1.29 is 14.4 Å². The first-order chi connectivity index (χ1) is 13.0. The van der Waals surface area contributed by atoms with Crippen LogP contribution in [0.5, 0.6) is 0 Å². The highest BCUT2D eigenvalue weighted by Crippen LogP contribution is 2.22. The second kappa shape index (κ2) is 8.37. The Hall–Kier alpha value is -2.63. The van der Waals surface area contributed by atoms with Crippen molar-refractivity contribution in [2.24, 2.45) is 5.92 Å². The summed E-state index contributed by atoms with van der Waals surface area (Å²) in [7, 11) is 0. The summed E-state index contributed by atoms with van der Waals surface area (Å²) >= 11 is 0. The van der Waals surface area contributed by atoms with Gasteiger partial charge in [0.05, 0.1) is 5.92 Å². The molecule has 0 spiro atoms. The molecule has 1 aromatic carbocycles. The van der Waals surface area contributed by atoms with E-state index in [1.54, 1.807) is 20.8 Å². The number of amides is 3. The number of rotatable bonds is 4. The first-order valence-electron chi connectivity index (χ1n) is 9.56. The molecule has 2 aliphatic rings. The van der Waals surface area contributed by atoms with Gasteiger partial charge in [-0.25, -0.2) is 0 Å². The van der Waals surface area contributed by atoms with Gasteiger partial charge < -0.3 is 14.7 Å². The van der Waals surface area contributed by atoms with Crippen LogP contribution in [0.25, 0.3) is 6.08 Å². The lowest BCUT2D eigenvalue weighted by Crippen LogP contribution is -2.52. The Labute approximate surface area is 160 Å². The molecular weight excluding hydrogens is 342 g/mol. The van der Waals surface area contributed by atoms with Crippen LogP contribution in [0.15, 0.2) is 36.4 Å². The molecule has 2 heterocycles. The standard InChI is InChI=1S/C21H27N3O3/c1-16(2)24-15-18(14-20(24)26)21(27)23-12-10-22(11-13-23)19(25)9-8-17-6-4-3-5-7-17/h3-9,16,18H,10-15H2,1-2H3/b9-8+. The first-order valence-corrected chi connectivity index (χ1v) is 9.56. The van der Waals surface area contributed by atoms with Crippen LogP contribution in [-0.2, 0) is 14.4 Å². The minimum atomic E-state index is -0.250. The number of hydrogen-bond acceptors (Lipinski definition) is 3. The van der Waals surface area contributed by atoms with Crippen LogP contribution >= 0.6 is 0 Å². The van der Waals surface area contributed by atoms with Gasteiger partial charge >= 0.3 is 0 Å². The van der Waals surface area contributed by atoms with Crippen LogP contribution in [0.3, 0.4) is 0 Å². The zero-order valence-corrected chi connectivity index (χ0v) is 16.0. The van der Waals surface area contributed by atoms with E-state index in [-0.39, 0.29) is 29.7 Å². The van der Waals surface area contributed by atoms with Crippen LogP contribution in [-0.4, -0.2) is 71.2 Å². The molecule has 1 aromatic rings. The van der Waals surface area contributed by atoms with Crippen molar-refractivity contribution in [1.82, 2.24) is 14.7 Å². The lowest BCUT2D eigenvalue weighted by Gasteiger charge is -2.35. The maximum Gasteiger partial charge on any atom is 0.246 e. The van der Waals surface area contributed by atoms with Gasteiger partial charge in [0.1, 0.15) is 0 Å². The molecule has 144 valence electrons. The van der Waals surface area contributed by atoms with E-state index in [2.05, 4.69) is 0 Å². The molecule has 1 atom stereocenters. The number of nitrogens with zero attached hydrogens (tertiary/aromatic N) is 3. The fourth-order valence-corrected chi connectivity index (χ4v) is 3.64. The van der Waals surface area contributed by atoms with Gasteiger partial charge in [0.25, 0.3) is 0 Å². The van der Waals surface area contributed by atoms with E-state index < -0.39 is 0 Å². The van der Waals surface area contributed by atoms with Crippen LogP contribution in [0.4, 0.5) is 0 Å². The van der Waals surface area contributed by atoms with Crippen LogP contribution in [0.1, 0.15) is 25.8 Å². The number of hydrogen-bond donors (Lipinski definition) is 0. The van der Waals surface area contributed by atoms with E-state index in [0.717, 1.165) is 5.56 Å². The van der Waals surface area contributed by atoms with Gasteiger partial charge in [0.15, 0.2) is 0 Å². The molecule has 27 heavy (non-hydrogen) atoms. The molecule has 0 aliphatic carbocycles. The van der Waals surface area contributed by atoms with Crippen molar-refractivity contribution in [3.8, 4) is 0 Å². The van der Waals surface area contributed by atoms with E-state index in [9.17, 15) is 14.4 Å². The average Bonchev–Trinajstić information content (AvgIpc) is 3.08. The SMILES string of the molecule is CC(C)N1CC(C(=O)N2CCN(C(=O)/C=C/c3ccccc3)CC2)CC1=O. The molecule has 0 radical (unpaired) electrons. The Bertz CT molecular complexity index is 721. The van der Waals surface area contributed by atoms with Gasteiger partial charge in [0, 0.05) is 51.3 Å². The smallest absolute Gasteiger partial charge is 0.246 e. The Balaban J connectivity index is 1.50. The molecule has 3 rings (SSSR count). The Morgan fingerprint density at radius 2 is 1.67 bits per heavy atom. The van der Waals surface area contributed by atoms with Crippen molar-refractivity contribution in [2.75, 3.05) is 32.7 Å². The average molecular weight is 369 g/mol. The molecule has 0 aromatic heterocycles. The monoisotopic (exact) mass is 369 g/mol. The summed E-state index contributed by atoms with van der Waals surface area (Å²) in [6.07, 6.45) is 3.70. The van der Waals surface area contributed by atoms with E-state index in [0.29, 0.717) is 39.1 Å². The summed E-state index contributed by atoms with van der Waals surface area (Å²) in [4.78, 5) is 42.5. The number of piperazine rings is 1. The Morgan fingerprint density at radius 1 is 1.04 bits per heavy atom. The van der Waals surface area contributed by atoms with E-state index in [1.807, 2.05) is 50.3 Å². The molecule has 2 aliphatic heterocycles. The summed E-state index contributed by atoms with van der Waals surface area (Å²) in [5.41, 5.74) is 0.986. The Morgan fingerprint density at radius 3 is 2.26 bits per heavy atom. The van der Waals surface area contributed by atoms with Crippen LogP contribution in [0.2, 0.25) is 0 Å². The van der Waals surface area contributed by atoms with Gasteiger partial charge in [-0.2, -0.15) is 0 Å². The van der Waals surface area contributed by atoms with Crippen LogP contribution < -0.4 is 0 Å². The minimum Gasteiger partial charge on any atom is -0.339 e. The van der Waals surface area contributed by atoms with Crippen molar-refractivity contribution >= 4 is 23.8 Å². The highest BCUT2D eigenvalue weighted by Gasteiger charge is 2.38. The van der Waals surface area contributed by atoms with Crippen molar-refractivity contribution in [3.05, 3.63) is 42.0 Å². The molecule has 6 nitrogen and oxygen atoms in total. The quantitative estimate of drug-likeness (QED) is 0.758. The lowest BCUT2D eigenvalue weighted by atomic mass is 10.1. The summed E-state index contributed by atoms with van der Waals surface area (Å²) in [5, 5.41) is 0. The van der Waals surface area contributed by atoms with Crippen molar-refractivity contribution in [3.63, 3.8) is 0 Å². The van der Waals surface area contributed by atoms with Gasteiger partial charge in [-0.1, -0.05) is 30.3 Å². The number of carbonyl (C=O) groups is 3. The predicted octanol–water partition coefficient (Wildman–Crippen LogP) is 1.63. The summed E-state index contributed by atoms with van der Waals surface area (Å²) in [6.45, 7) is 6.55. The molecule has 3 amide bonds. The van der Waals surface area contributed by atoms with Gasteiger partial charge in [-0.15, -0.1) is 0 Å². The molecule has 2 fully saturated rings. The topological polar surface area (TPSA) is 60.9 Å². The van der Waals surface area contributed by atoms with E-state index >= 15 is 0 Å². The minimum absolute atomic E-state index is 0.0343. The zero-order valence-electron chi connectivity index (χ0n) is 16.0. The molecule has 6 heteroatoms. The summed E-state index contributed by atoms with van der Waals surface area (Å²) in [5.74, 6) is -0.185. The molecule has 0 saturated carbocycles. The predicted molar refractivity (Wildman–Crippen MR) is 104 cm³/mol. The number of likely N-dealkylation sites (tertiary alicyclic amines) is 1. The van der Waals surface area contributed by atoms with Crippen molar-refractivity contribution in [1.29, 1.82) is 0 Å². The van der Waals surface area contributed by atoms with Crippen molar-refractivity contribution in [2.45, 2.75) is 26.3 Å². The van der Waals surface area contributed by atoms with Gasteiger partial charge in [0.2, 0.25) is 17.7 Å². The zero-order chi connectivity index (χ0) is 19.4. The molecule has 2 saturated heterocycles. The fraction of sp³-hybridized carbons (Fsp3) is 0.476. The molecular formula is C21H27N3O3. The second-order valence-corrected chi connectivity index (χ2v) is 7.44. The third kappa shape index (κ3) is 4.56. The normalized spacial score (nSPS) is 20.8. The third-order valence-corrected chi connectivity index (χ3v) is 5.25. The molecule has 1 unspecified atom stereocenters. The summed E-state index contributed by atoms with van der Waals surface area (Å²) in [6, 6.07) is 9.83. The van der Waals surface area contributed by atoms with Gasteiger partial charge in [-0.05, 0) is 25.5 Å². The maximum absolute atomic E-state index is 12.7. The highest BCUT2D eigenvalue weighted by molar-refractivity contribution is 5.92. The van der Waals surface area contributed by atoms with Gasteiger partial charge in [-0.3, -0.25) is 14.4 Å². The second-order valence-electron chi connectivity index (χ2n) is 7.44. The third-order valence-electron chi connectivity index (χ3n) is 5.25.